The van der Waals surface area contributed by atoms with E-state index in [1.807, 2.05) is 6.07 Å². The highest BCUT2D eigenvalue weighted by Gasteiger charge is 2.31. The molecule has 0 aliphatic carbocycles. The van der Waals surface area contributed by atoms with Crippen LogP contribution in [0, 0.1) is 11.7 Å². The van der Waals surface area contributed by atoms with Gasteiger partial charge >= 0.3 is 0 Å². The molecule has 1 aliphatic rings. The van der Waals surface area contributed by atoms with Crippen LogP contribution in [0.25, 0.3) is 0 Å². The van der Waals surface area contributed by atoms with Gasteiger partial charge in [0, 0.05) is 18.6 Å². The second kappa shape index (κ2) is 6.30. The van der Waals surface area contributed by atoms with Crippen LogP contribution in [0.4, 0.5) is 4.39 Å². The minimum absolute atomic E-state index is 0.154. The van der Waals surface area contributed by atoms with Crippen molar-refractivity contribution in [1.29, 1.82) is 0 Å². The first-order chi connectivity index (χ1) is 8.70. The van der Waals surface area contributed by atoms with Crippen molar-refractivity contribution in [1.82, 2.24) is 5.32 Å². The summed E-state index contributed by atoms with van der Waals surface area (Å²) in [6, 6.07) is 7.27. The van der Waals surface area contributed by atoms with E-state index in [9.17, 15) is 4.39 Å². The third-order valence-electron chi connectivity index (χ3n) is 3.76. The lowest BCUT2D eigenvalue weighted by atomic mass is 9.89. The Hall–Kier alpha value is -0.930. The molecule has 18 heavy (non-hydrogen) atoms. The molecule has 3 unspecified atom stereocenters. The van der Waals surface area contributed by atoms with Crippen molar-refractivity contribution in [2.75, 3.05) is 13.2 Å². The average molecular weight is 251 g/mol. The van der Waals surface area contributed by atoms with Gasteiger partial charge in [-0.05, 0) is 44.0 Å². The van der Waals surface area contributed by atoms with Crippen LogP contribution >= 0.6 is 0 Å². The van der Waals surface area contributed by atoms with Crippen LogP contribution in [0.3, 0.4) is 0 Å². The predicted octanol–water partition coefficient (Wildman–Crippen LogP) is 2.77. The number of hydrogen-bond acceptors (Lipinski definition) is 2. The molecule has 3 atom stereocenters. The molecule has 1 fully saturated rings. The van der Waals surface area contributed by atoms with Crippen molar-refractivity contribution < 1.29 is 9.13 Å². The van der Waals surface area contributed by atoms with Crippen molar-refractivity contribution in [3.05, 3.63) is 35.6 Å². The fourth-order valence-corrected chi connectivity index (χ4v) is 2.83. The molecular formula is C15H22FNO. The van der Waals surface area contributed by atoms with E-state index in [0.29, 0.717) is 18.1 Å². The fourth-order valence-electron chi connectivity index (χ4n) is 2.83. The number of benzene rings is 1. The Bertz CT molecular complexity index is 383. The predicted molar refractivity (Wildman–Crippen MR) is 71.1 cm³/mol. The third kappa shape index (κ3) is 3.30. The van der Waals surface area contributed by atoms with Crippen molar-refractivity contribution in [3.8, 4) is 0 Å². The zero-order chi connectivity index (χ0) is 13.0. The third-order valence-corrected chi connectivity index (χ3v) is 3.76. The maximum atomic E-state index is 13.2. The normalized spacial score (nSPS) is 25.3. The molecule has 0 spiro atoms. The zero-order valence-electron chi connectivity index (χ0n) is 11.2. The largest absolute Gasteiger partial charge is 0.378 e. The number of rotatable bonds is 5. The molecule has 0 amide bonds. The summed E-state index contributed by atoms with van der Waals surface area (Å²) in [7, 11) is 0. The van der Waals surface area contributed by atoms with Crippen molar-refractivity contribution in [2.45, 2.75) is 38.8 Å². The summed E-state index contributed by atoms with van der Waals surface area (Å²) in [6.07, 6.45) is 2.25. The van der Waals surface area contributed by atoms with Crippen LogP contribution < -0.4 is 5.32 Å². The maximum absolute atomic E-state index is 13.2. The Labute approximate surface area is 109 Å². The van der Waals surface area contributed by atoms with Crippen molar-refractivity contribution >= 4 is 0 Å². The van der Waals surface area contributed by atoms with Gasteiger partial charge in [0.15, 0.2) is 0 Å². The lowest BCUT2D eigenvalue weighted by molar-refractivity contribution is 0.0956. The van der Waals surface area contributed by atoms with E-state index in [0.717, 1.165) is 31.6 Å². The SMILES string of the molecule is CCNC(Cc1cccc(F)c1)C1CCOC1C. The minimum Gasteiger partial charge on any atom is -0.378 e. The van der Waals surface area contributed by atoms with E-state index in [1.165, 1.54) is 6.07 Å². The Morgan fingerprint density at radius 1 is 1.50 bits per heavy atom. The van der Waals surface area contributed by atoms with Gasteiger partial charge in [0.25, 0.3) is 0 Å². The molecule has 0 aromatic heterocycles. The Kier molecular flexibility index (Phi) is 4.72. The first-order valence-corrected chi connectivity index (χ1v) is 6.80. The number of halogens is 1. The van der Waals surface area contributed by atoms with Crippen LogP contribution in [-0.4, -0.2) is 25.3 Å². The first kappa shape index (κ1) is 13.5. The molecule has 3 heteroatoms. The summed E-state index contributed by atoms with van der Waals surface area (Å²) >= 11 is 0. The molecule has 1 saturated heterocycles. The Morgan fingerprint density at radius 2 is 2.33 bits per heavy atom. The van der Waals surface area contributed by atoms with Gasteiger partial charge in [-0.25, -0.2) is 4.39 Å². The Balaban J connectivity index is 2.06. The second-order valence-electron chi connectivity index (χ2n) is 5.03. The summed E-state index contributed by atoms with van der Waals surface area (Å²) in [4.78, 5) is 0. The van der Waals surface area contributed by atoms with E-state index in [-0.39, 0.29) is 5.82 Å². The smallest absolute Gasteiger partial charge is 0.123 e. The summed E-state index contributed by atoms with van der Waals surface area (Å²) in [5.41, 5.74) is 1.06. The molecule has 100 valence electrons. The molecule has 0 bridgehead atoms. The van der Waals surface area contributed by atoms with Gasteiger partial charge in [-0.15, -0.1) is 0 Å². The van der Waals surface area contributed by atoms with Gasteiger partial charge in [-0.3, -0.25) is 0 Å². The van der Waals surface area contributed by atoms with Gasteiger partial charge < -0.3 is 10.1 Å². The molecule has 1 N–H and O–H groups in total. The first-order valence-electron chi connectivity index (χ1n) is 6.80. The quantitative estimate of drug-likeness (QED) is 0.869. The highest BCUT2D eigenvalue weighted by Crippen LogP contribution is 2.26. The molecule has 1 aliphatic heterocycles. The van der Waals surface area contributed by atoms with E-state index >= 15 is 0 Å². The standard InChI is InChI=1S/C15H22FNO/c1-3-17-15(14-7-8-18-11(14)2)10-12-5-4-6-13(16)9-12/h4-6,9,11,14-15,17H,3,7-8,10H2,1-2H3. The molecule has 1 aromatic rings. The average Bonchev–Trinajstić information content (AvgIpc) is 2.75. The second-order valence-corrected chi connectivity index (χ2v) is 5.03. The zero-order valence-corrected chi connectivity index (χ0v) is 11.2. The topological polar surface area (TPSA) is 21.3 Å². The number of nitrogens with one attached hydrogen (secondary N) is 1. The number of hydrogen-bond donors (Lipinski definition) is 1. The summed E-state index contributed by atoms with van der Waals surface area (Å²) in [5.74, 6) is 0.367. The molecular weight excluding hydrogens is 229 g/mol. The summed E-state index contributed by atoms with van der Waals surface area (Å²) in [5, 5.41) is 3.52. The van der Waals surface area contributed by atoms with E-state index in [2.05, 4.69) is 19.2 Å². The van der Waals surface area contributed by atoms with E-state index in [1.54, 1.807) is 12.1 Å². The lowest BCUT2D eigenvalue weighted by Gasteiger charge is -2.26. The van der Waals surface area contributed by atoms with Crippen molar-refractivity contribution in [2.24, 2.45) is 5.92 Å². The van der Waals surface area contributed by atoms with Gasteiger partial charge in [-0.1, -0.05) is 19.1 Å². The van der Waals surface area contributed by atoms with Gasteiger partial charge in [-0.2, -0.15) is 0 Å². The monoisotopic (exact) mass is 251 g/mol. The molecule has 2 nitrogen and oxygen atoms in total. The van der Waals surface area contributed by atoms with Crippen LogP contribution in [0.15, 0.2) is 24.3 Å². The molecule has 2 rings (SSSR count). The van der Waals surface area contributed by atoms with Crippen LogP contribution in [0.2, 0.25) is 0 Å². The maximum Gasteiger partial charge on any atom is 0.123 e. The number of ether oxygens (including phenoxy) is 1. The molecule has 1 aromatic carbocycles. The van der Waals surface area contributed by atoms with Gasteiger partial charge in [0.1, 0.15) is 5.82 Å². The Morgan fingerprint density at radius 3 is 2.94 bits per heavy atom. The number of likely N-dealkylation sites (N-methyl/N-ethyl adjacent to an activating group) is 1. The van der Waals surface area contributed by atoms with Crippen LogP contribution in [0.5, 0.6) is 0 Å². The van der Waals surface area contributed by atoms with Crippen molar-refractivity contribution in [3.63, 3.8) is 0 Å². The lowest BCUT2D eigenvalue weighted by Crippen LogP contribution is -2.40. The van der Waals surface area contributed by atoms with Crippen LogP contribution in [-0.2, 0) is 11.2 Å². The fraction of sp³-hybridized carbons (Fsp3) is 0.600. The van der Waals surface area contributed by atoms with Gasteiger partial charge in [0.2, 0.25) is 0 Å². The van der Waals surface area contributed by atoms with E-state index in [4.69, 9.17) is 4.74 Å². The molecule has 1 heterocycles. The van der Waals surface area contributed by atoms with E-state index < -0.39 is 0 Å². The molecule has 0 radical (unpaired) electrons. The highest BCUT2D eigenvalue weighted by atomic mass is 19.1. The minimum atomic E-state index is -0.154. The van der Waals surface area contributed by atoms with Crippen LogP contribution in [0.1, 0.15) is 25.8 Å². The summed E-state index contributed by atoms with van der Waals surface area (Å²) < 4.78 is 18.9. The highest BCUT2D eigenvalue weighted by molar-refractivity contribution is 5.18. The molecule has 0 saturated carbocycles. The van der Waals surface area contributed by atoms with Gasteiger partial charge in [0.05, 0.1) is 6.10 Å². The summed E-state index contributed by atoms with van der Waals surface area (Å²) in [6.45, 7) is 6.02.